The Hall–Kier alpha value is -2.63. The lowest BCUT2D eigenvalue weighted by molar-refractivity contribution is 0.102. The number of aromatic amines is 1. The summed E-state index contributed by atoms with van der Waals surface area (Å²) in [5.74, 6) is -0.976. The van der Waals surface area contributed by atoms with E-state index in [2.05, 4.69) is 10.3 Å². The van der Waals surface area contributed by atoms with Crippen LogP contribution in [0.4, 0.5) is 10.1 Å². The second-order valence-corrected chi connectivity index (χ2v) is 3.75. The van der Waals surface area contributed by atoms with Gasteiger partial charge in [0, 0.05) is 29.6 Å². The molecule has 0 unspecified atom stereocenters. The number of benzene rings is 1. The van der Waals surface area contributed by atoms with Crippen molar-refractivity contribution in [2.24, 2.45) is 0 Å². The van der Waals surface area contributed by atoms with Gasteiger partial charge >= 0.3 is 0 Å². The van der Waals surface area contributed by atoms with Crippen molar-refractivity contribution in [2.45, 2.75) is 0 Å². The number of halogens is 1. The summed E-state index contributed by atoms with van der Waals surface area (Å²) in [6.07, 6.45) is 1.37. The number of ether oxygens (including phenoxy) is 1. The molecule has 0 atom stereocenters. The standard InChI is InChI=1S/C13H11FN2O3/c1-19-11-3-2-9(7-10(11)14)16-13(18)8-4-5-15-12(17)6-8/h2-7H,1H3,(H,15,17)(H,16,18). The minimum atomic E-state index is -0.578. The van der Waals surface area contributed by atoms with Crippen LogP contribution in [0.2, 0.25) is 0 Å². The molecule has 0 bridgehead atoms. The van der Waals surface area contributed by atoms with Crippen LogP contribution in [-0.2, 0) is 0 Å². The zero-order valence-electron chi connectivity index (χ0n) is 10.1. The van der Waals surface area contributed by atoms with Crippen molar-refractivity contribution in [1.82, 2.24) is 4.98 Å². The molecule has 19 heavy (non-hydrogen) atoms. The van der Waals surface area contributed by atoms with Gasteiger partial charge in [-0.25, -0.2) is 4.39 Å². The Morgan fingerprint density at radius 2 is 2.11 bits per heavy atom. The maximum absolute atomic E-state index is 13.4. The summed E-state index contributed by atoms with van der Waals surface area (Å²) in [7, 11) is 1.35. The third-order valence-corrected chi connectivity index (χ3v) is 2.45. The summed E-state index contributed by atoms with van der Waals surface area (Å²) in [5.41, 5.74) is 0.0946. The lowest BCUT2D eigenvalue weighted by atomic mass is 10.2. The van der Waals surface area contributed by atoms with E-state index in [-0.39, 0.29) is 22.6 Å². The van der Waals surface area contributed by atoms with Crippen LogP contribution in [0.15, 0.2) is 41.3 Å². The summed E-state index contributed by atoms with van der Waals surface area (Å²) in [5, 5.41) is 2.49. The molecule has 0 saturated carbocycles. The number of methoxy groups -OCH3 is 1. The zero-order valence-corrected chi connectivity index (χ0v) is 10.1. The lowest BCUT2D eigenvalue weighted by Gasteiger charge is -2.07. The predicted octanol–water partition coefficient (Wildman–Crippen LogP) is 1.77. The van der Waals surface area contributed by atoms with E-state index in [9.17, 15) is 14.0 Å². The number of aromatic nitrogens is 1. The molecule has 0 radical (unpaired) electrons. The van der Waals surface area contributed by atoms with Crippen molar-refractivity contribution < 1.29 is 13.9 Å². The molecule has 1 aromatic heterocycles. The summed E-state index contributed by atoms with van der Waals surface area (Å²) in [6, 6.07) is 6.67. The Balaban J connectivity index is 2.19. The third-order valence-electron chi connectivity index (χ3n) is 2.45. The average Bonchev–Trinajstić information content (AvgIpc) is 2.39. The summed E-state index contributed by atoms with van der Waals surface area (Å²) in [4.78, 5) is 25.3. The molecule has 0 aliphatic rings. The van der Waals surface area contributed by atoms with Crippen molar-refractivity contribution in [2.75, 3.05) is 12.4 Å². The van der Waals surface area contributed by atoms with E-state index >= 15 is 0 Å². The molecule has 0 fully saturated rings. The van der Waals surface area contributed by atoms with Crippen LogP contribution in [0.1, 0.15) is 10.4 Å². The maximum atomic E-state index is 13.4. The number of nitrogens with one attached hydrogen (secondary N) is 2. The van der Waals surface area contributed by atoms with Gasteiger partial charge in [-0.3, -0.25) is 9.59 Å². The Labute approximate surface area is 108 Å². The van der Waals surface area contributed by atoms with E-state index in [0.29, 0.717) is 0 Å². The fourth-order valence-corrected chi connectivity index (χ4v) is 1.53. The number of carbonyl (C=O) groups excluding carboxylic acids is 1. The second kappa shape index (κ2) is 5.34. The molecule has 2 N–H and O–H groups in total. The maximum Gasteiger partial charge on any atom is 0.255 e. The minimum Gasteiger partial charge on any atom is -0.494 e. The molecule has 98 valence electrons. The number of hydrogen-bond donors (Lipinski definition) is 2. The number of rotatable bonds is 3. The van der Waals surface area contributed by atoms with Crippen molar-refractivity contribution in [3.05, 3.63) is 58.3 Å². The highest BCUT2D eigenvalue weighted by Crippen LogP contribution is 2.20. The molecule has 1 aromatic carbocycles. The Morgan fingerprint density at radius 3 is 2.74 bits per heavy atom. The van der Waals surface area contributed by atoms with Crippen LogP contribution in [-0.4, -0.2) is 18.0 Å². The number of pyridine rings is 1. The van der Waals surface area contributed by atoms with Gasteiger partial charge in [0.25, 0.3) is 5.91 Å². The molecule has 6 heteroatoms. The SMILES string of the molecule is COc1ccc(NC(=O)c2cc[nH]c(=O)c2)cc1F. The van der Waals surface area contributed by atoms with E-state index < -0.39 is 11.7 Å². The minimum absolute atomic E-state index is 0.0918. The van der Waals surface area contributed by atoms with Crippen LogP contribution in [0.3, 0.4) is 0 Å². The van der Waals surface area contributed by atoms with Gasteiger partial charge in [0.2, 0.25) is 5.56 Å². The monoisotopic (exact) mass is 262 g/mol. The molecule has 2 aromatic rings. The van der Waals surface area contributed by atoms with Crippen LogP contribution in [0.5, 0.6) is 5.75 Å². The molecule has 0 aliphatic heterocycles. The molecule has 0 saturated heterocycles. The number of amides is 1. The van der Waals surface area contributed by atoms with Crippen molar-refractivity contribution >= 4 is 11.6 Å². The molecule has 2 rings (SSSR count). The van der Waals surface area contributed by atoms with Gasteiger partial charge in [0.15, 0.2) is 11.6 Å². The highest BCUT2D eigenvalue weighted by Gasteiger charge is 2.08. The van der Waals surface area contributed by atoms with Crippen LogP contribution in [0.25, 0.3) is 0 Å². The van der Waals surface area contributed by atoms with Crippen LogP contribution >= 0.6 is 0 Å². The third kappa shape index (κ3) is 2.98. The molecule has 1 heterocycles. The van der Waals surface area contributed by atoms with E-state index in [0.717, 1.165) is 12.1 Å². The molecule has 5 nitrogen and oxygen atoms in total. The van der Waals surface area contributed by atoms with Crippen LogP contribution < -0.4 is 15.6 Å². The highest BCUT2D eigenvalue weighted by atomic mass is 19.1. The predicted molar refractivity (Wildman–Crippen MR) is 68.0 cm³/mol. The van der Waals surface area contributed by atoms with E-state index in [4.69, 9.17) is 4.74 Å². The Kier molecular flexibility index (Phi) is 3.61. The first-order valence-electron chi connectivity index (χ1n) is 5.44. The highest BCUT2D eigenvalue weighted by molar-refractivity contribution is 6.04. The number of H-pyrrole nitrogens is 1. The molecular formula is C13H11FN2O3. The van der Waals surface area contributed by atoms with Crippen molar-refractivity contribution in [3.63, 3.8) is 0 Å². The smallest absolute Gasteiger partial charge is 0.255 e. The first-order valence-corrected chi connectivity index (χ1v) is 5.44. The number of carbonyl (C=O) groups is 1. The van der Waals surface area contributed by atoms with Gasteiger partial charge < -0.3 is 15.0 Å². The van der Waals surface area contributed by atoms with Gasteiger partial charge in [-0.2, -0.15) is 0 Å². The zero-order chi connectivity index (χ0) is 13.8. The second-order valence-electron chi connectivity index (χ2n) is 3.75. The normalized spacial score (nSPS) is 10.0. The fourth-order valence-electron chi connectivity index (χ4n) is 1.53. The summed E-state index contributed by atoms with van der Waals surface area (Å²) >= 11 is 0. The Morgan fingerprint density at radius 1 is 1.32 bits per heavy atom. The first kappa shape index (κ1) is 12.8. The van der Waals surface area contributed by atoms with Gasteiger partial charge in [-0.05, 0) is 18.2 Å². The van der Waals surface area contributed by atoms with Crippen LogP contribution in [0, 0.1) is 5.82 Å². The molecule has 1 amide bonds. The molecular weight excluding hydrogens is 251 g/mol. The van der Waals surface area contributed by atoms with Gasteiger partial charge in [-0.15, -0.1) is 0 Å². The van der Waals surface area contributed by atoms with Gasteiger partial charge in [0.05, 0.1) is 7.11 Å². The Bertz CT molecular complexity index is 667. The summed E-state index contributed by atoms with van der Waals surface area (Å²) < 4.78 is 18.2. The number of hydrogen-bond acceptors (Lipinski definition) is 3. The quantitative estimate of drug-likeness (QED) is 0.885. The molecule has 0 aliphatic carbocycles. The van der Waals surface area contributed by atoms with E-state index in [1.165, 1.54) is 31.5 Å². The largest absolute Gasteiger partial charge is 0.494 e. The lowest BCUT2D eigenvalue weighted by Crippen LogP contribution is -2.15. The van der Waals surface area contributed by atoms with Gasteiger partial charge in [-0.1, -0.05) is 0 Å². The van der Waals surface area contributed by atoms with Crippen molar-refractivity contribution in [1.29, 1.82) is 0 Å². The molecule has 0 spiro atoms. The van der Waals surface area contributed by atoms with Gasteiger partial charge in [0.1, 0.15) is 0 Å². The summed E-state index contributed by atoms with van der Waals surface area (Å²) in [6.45, 7) is 0. The first-order chi connectivity index (χ1) is 9.10. The van der Waals surface area contributed by atoms with E-state index in [1.54, 1.807) is 0 Å². The van der Waals surface area contributed by atoms with E-state index in [1.807, 2.05) is 0 Å². The van der Waals surface area contributed by atoms with Crippen molar-refractivity contribution in [3.8, 4) is 5.75 Å². The topological polar surface area (TPSA) is 71.2 Å². The number of anilines is 1. The average molecular weight is 262 g/mol. The fraction of sp³-hybridized carbons (Fsp3) is 0.0769.